The van der Waals surface area contributed by atoms with Crippen molar-refractivity contribution in [2.24, 2.45) is 5.14 Å². The molecule has 4 N–H and O–H groups in total. The van der Waals surface area contributed by atoms with Gasteiger partial charge in [-0.15, -0.1) is 0 Å². The van der Waals surface area contributed by atoms with E-state index in [0.29, 0.717) is 31.0 Å². The van der Waals surface area contributed by atoms with Crippen molar-refractivity contribution in [2.75, 3.05) is 18.4 Å². The van der Waals surface area contributed by atoms with Gasteiger partial charge in [0.1, 0.15) is 17.8 Å². The van der Waals surface area contributed by atoms with Crippen molar-refractivity contribution in [3.05, 3.63) is 47.9 Å². The summed E-state index contributed by atoms with van der Waals surface area (Å²) in [7, 11) is -3.68. The van der Waals surface area contributed by atoms with Crippen LogP contribution < -0.4 is 15.8 Å². The summed E-state index contributed by atoms with van der Waals surface area (Å²) < 4.78 is 22.5. The van der Waals surface area contributed by atoms with E-state index in [1.807, 2.05) is 0 Å². The molecule has 2 rings (SSSR count). The lowest BCUT2D eigenvalue weighted by molar-refractivity contribution is 0.0948. The minimum absolute atomic E-state index is 0.0876. The lowest BCUT2D eigenvalue weighted by atomic mass is 10.1. The Bertz CT molecular complexity index is 854. The highest BCUT2D eigenvalue weighted by molar-refractivity contribution is 7.89. The van der Waals surface area contributed by atoms with Crippen molar-refractivity contribution in [1.29, 1.82) is 0 Å². The van der Waals surface area contributed by atoms with E-state index in [2.05, 4.69) is 27.5 Å². The summed E-state index contributed by atoms with van der Waals surface area (Å²) in [5.41, 5.74) is 1.28. The number of unbranched alkanes of at least 4 members (excludes halogenated alkanes) is 2. The zero-order valence-electron chi connectivity index (χ0n) is 15.3. The molecular formula is C18H25N5O3S. The average Bonchev–Trinajstić information content (AvgIpc) is 2.65. The highest BCUT2D eigenvalue weighted by atomic mass is 32.2. The highest BCUT2D eigenvalue weighted by Gasteiger charge is 2.09. The number of nitrogens with two attached hydrogens (primary N) is 1. The molecule has 2 aromatic rings. The number of aromatic nitrogens is 2. The highest BCUT2D eigenvalue weighted by Crippen LogP contribution is 2.10. The summed E-state index contributed by atoms with van der Waals surface area (Å²) in [5, 5.41) is 11.1. The Morgan fingerprint density at radius 1 is 1.11 bits per heavy atom. The number of primary sulfonamides is 1. The van der Waals surface area contributed by atoms with Gasteiger partial charge in [-0.3, -0.25) is 4.79 Å². The molecule has 8 nitrogen and oxygen atoms in total. The molecule has 27 heavy (non-hydrogen) atoms. The summed E-state index contributed by atoms with van der Waals surface area (Å²) >= 11 is 0. The van der Waals surface area contributed by atoms with Gasteiger partial charge < -0.3 is 10.6 Å². The fourth-order valence-electron chi connectivity index (χ4n) is 2.43. The molecule has 9 heteroatoms. The summed E-state index contributed by atoms with van der Waals surface area (Å²) in [5.74, 6) is 0.347. The van der Waals surface area contributed by atoms with Crippen LogP contribution in [0.1, 0.15) is 42.2 Å². The van der Waals surface area contributed by atoms with Crippen LogP contribution in [0.2, 0.25) is 0 Å². The summed E-state index contributed by atoms with van der Waals surface area (Å²) in [6.07, 6.45) is 5.14. The molecule has 0 radical (unpaired) electrons. The largest absolute Gasteiger partial charge is 0.370 e. The maximum atomic E-state index is 12.1. The van der Waals surface area contributed by atoms with Gasteiger partial charge in [-0.2, -0.15) is 0 Å². The molecule has 0 unspecified atom stereocenters. The molecule has 0 aliphatic carbocycles. The maximum absolute atomic E-state index is 12.1. The van der Waals surface area contributed by atoms with E-state index < -0.39 is 10.0 Å². The zero-order chi connectivity index (χ0) is 19.7. The van der Waals surface area contributed by atoms with Gasteiger partial charge >= 0.3 is 0 Å². The second-order valence-corrected chi connectivity index (χ2v) is 7.68. The fraction of sp³-hybridized carbons (Fsp3) is 0.389. The number of carbonyl (C=O) groups excluding carboxylic acids is 1. The molecule has 0 aliphatic rings. The van der Waals surface area contributed by atoms with Crippen LogP contribution in [-0.4, -0.2) is 37.4 Å². The third-order valence-electron chi connectivity index (χ3n) is 3.94. The Kier molecular flexibility index (Phi) is 7.68. The van der Waals surface area contributed by atoms with E-state index in [1.54, 1.807) is 18.2 Å². The van der Waals surface area contributed by atoms with Crippen LogP contribution in [0.25, 0.3) is 0 Å². The van der Waals surface area contributed by atoms with Crippen molar-refractivity contribution >= 4 is 21.7 Å². The first-order chi connectivity index (χ1) is 12.9. The smallest absolute Gasteiger partial charge is 0.270 e. The number of benzene rings is 1. The Balaban J connectivity index is 1.85. The first-order valence-corrected chi connectivity index (χ1v) is 10.4. The van der Waals surface area contributed by atoms with Crippen LogP contribution in [0, 0.1) is 0 Å². The second kappa shape index (κ2) is 9.98. The molecule has 1 amide bonds. The molecule has 0 saturated carbocycles. The van der Waals surface area contributed by atoms with Gasteiger partial charge in [-0.1, -0.05) is 31.9 Å². The maximum Gasteiger partial charge on any atom is 0.270 e. The number of amides is 1. The van der Waals surface area contributed by atoms with E-state index in [1.165, 1.54) is 18.5 Å². The molecule has 1 aromatic carbocycles. The number of hydrogen-bond donors (Lipinski definition) is 3. The van der Waals surface area contributed by atoms with Crippen LogP contribution in [0.15, 0.2) is 41.6 Å². The minimum atomic E-state index is -3.68. The lowest BCUT2D eigenvalue weighted by Crippen LogP contribution is -2.25. The minimum Gasteiger partial charge on any atom is -0.370 e. The predicted molar refractivity (Wildman–Crippen MR) is 104 cm³/mol. The normalized spacial score (nSPS) is 11.2. The van der Waals surface area contributed by atoms with Crippen molar-refractivity contribution in [2.45, 2.75) is 37.5 Å². The quantitative estimate of drug-likeness (QED) is 0.529. The van der Waals surface area contributed by atoms with E-state index in [9.17, 15) is 13.2 Å². The summed E-state index contributed by atoms with van der Waals surface area (Å²) in [6, 6.07) is 8.01. The molecular weight excluding hydrogens is 366 g/mol. The Hall–Kier alpha value is -2.52. The summed E-state index contributed by atoms with van der Waals surface area (Å²) in [6.45, 7) is 3.32. The molecule has 1 aromatic heterocycles. The van der Waals surface area contributed by atoms with E-state index in [0.717, 1.165) is 24.8 Å². The van der Waals surface area contributed by atoms with Gasteiger partial charge in [0.05, 0.1) is 4.90 Å². The Morgan fingerprint density at radius 3 is 2.52 bits per heavy atom. The van der Waals surface area contributed by atoms with Crippen LogP contribution in [-0.2, 0) is 16.4 Å². The molecule has 0 bridgehead atoms. The van der Waals surface area contributed by atoms with Gasteiger partial charge in [0.15, 0.2) is 0 Å². The van der Waals surface area contributed by atoms with Gasteiger partial charge in [0.2, 0.25) is 10.0 Å². The molecule has 146 valence electrons. The van der Waals surface area contributed by atoms with Crippen LogP contribution in [0.3, 0.4) is 0 Å². The Labute approximate surface area is 159 Å². The van der Waals surface area contributed by atoms with E-state index in [4.69, 9.17) is 5.14 Å². The third kappa shape index (κ3) is 6.95. The SMILES string of the molecule is CCCCCNC(=O)c1cc(NCCc2ccc(S(N)(=O)=O)cc2)ncn1. The van der Waals surface area contributed by atoms with Crippen molar-refractivity contribution in [3.8, 4) is 0 Å². The zero-order valence-corrected chi connectivity index (χ0v) is 16.1. The average molecular weight is 391 g/mol. The molecule has 0 spiro atoms. The van der Waals surface area contributed by atoms with Gasteiger partial charge in [0, 0.05) is 19.2 Å². The first kappa shape index (κ1) is 20.8. The van der Waals surface area contributed by atoms with E-state index >= 15 is 0 Å². The second-order valence-electron chi connectivity index (χ2n) is 6.12. The summed E-state index contributed by atoms with van der Waals surface area (Å²) in [4.78, 5) is 20.3. The number of rotatable bonds is 10. The number of anilines is 1. The number of hydrogen-bond acceptors (Lipinski definition) is 6. The van der Waals surface area contributed by atoms with Crippen molar-refractivity contribution < 1.29 is 13.2 Å². The third-order valence-corrected chi connectivity index (χ3v) is 4.87. The first-order valence-electron chi connectivity index (χ1n) is 8.86. The fourth-order valence-corrected chi connectivity index (χ4v) is 2.94. The molecule has 0 aliphatic heterocycles. The number of nitrogens with one attached hydrogen (secondary N) is 2. The van der Waals surface area contributed by atoms with Gasteiger partial charge in [0.25, 0.3) is 5.91 Å². The topological polar surface area (TPSA) is 127 Å². The predicted octanol–water partition coefficient (Wildman–Crippen LogP) is 1.70. The monoisotopic (exact) mass is 391 g/mol. The Morgan fingerprint density at radius 2 is 1.85 bits per heavy atom. The van der Waals surface area contributed by atoms with Crippen molar-refractivity contribution in [3.63, 3.8) is 0 Å². The van der Waals surface area contributed by atoms with Crippen molar-refractivity contribution in [1.82, 2.24) is 15.3 Å². The lowest BCUT2D eigenvalue weighted by Gasteiger charge is -2.08. The van der Waals surface area contributed by atoms with Gasteiger partial charge in [-0.25, -0.2) is 23.5 Å². The number of carbonyl (C=O) groups is 1. The number of sulfonamides is 1. The number of nitrogens with zero attached hydrogens (tertiary/aromatic N) is 2. The molecule has 0 atom stereocenters. The molecule has 1 heterocycles. The van der Waals surface area contributed by atoms with Crippen LogP contribution >= 0.6 is 0 Å². The standard InChI is InChI=1S/C18H25N5O3S/c1-2-3-4-10-21-18(24)16-12-17(23-13-22-16)20-11-9-14-5-7-15(8-6-14)27(19,25)26/h5-8,12-13H,2-4,9-11H2,1H3,(H,21,24)(H2,19,25,26)(H,20,22,23). The van der Waals surface area contributed by atoms with E-state index in [-0.39, 0.29) is 10.8 Å². The van der Waals surface area contributed by atoms with Gasteiger partial charge in [-0.05, 0) is 30.5 Å². The molecule has 0 fully saturated rings. The van der Waals surface area contributed by atoms with Crippen LogP contribution in [0.5, 0.6) is 0 Å². The molecule has 0 saturated heterocycles. The van der Waals surface area contributed by atoms with Crippen LogP contribution in [0.4, 0.5) is 5.82 Å².